The summed E-state index contributed by atoms with van der Waals surface area (Å²) in [6.07, 6.45) is 0. The Hall–Kier alpha value is -2.88. The molecule has 7 nitrogen and oxygen atoms in total. The molecule has 1 N–H and O–H groups in total. The van der Waals surface area contributed by atoms with E-state index in [9.17, 15) is 18.0 Å². The number of benzene rings is 3. The molecule has 0 heterocycles. The standard InChI is InChI=1S/C28H31BrClN3O4S/c1-20(2)17-31-28(35)21(3)32(18-22-10-9-11-23(29)16-22)27(34)19-33(26-15-8-7-14-25(26)30)38(36,37)24-12-5-4-6-13-24/h4-16,20-21H,17-19H2,1-3H3,(H,31,35)/t21-/m1/s1. The summed E-state index contributed by atoms with van der Waals surface area (Å²) >= 11 is 9.85. The number of amides is 2. The second kappa shape index (κ2) is 13.3. The van der Waals surface area contributed by atoms with Gasteiger partial charge in [-0.05, 0) is 54.8 Å². The summed E-state index contributed by atoms with van der Waals surface area (Å²) in [6.45, 7) is 5.61. The Morgan fingerprint density at radius 3 is 2.24 bits per heavy atom. The SMILES string of the molecule is CC(C)CNC(=O)[C@@H](C)N(Cc1cccc(Br)c1)C(=O)CN(c1ccccc1Cl)S(=O)(=O)c1ccccc1. The molecule has 0 aromatic heterocycles. The highest BCUT2D eigenvalue weighted by Gasteiger charge is 2.33. The van der Waals surface area contributed by atoms with Gasteiger partial charge in [-0.3, -0.25) is 13.9 Å². The summed E-state index contributed by atoms with van der Waals surface area (Å²) in [5.41, 5.74) is 0.956. The first kappa shape index (κ1) is 29.7. The van der Waals surface area contributed by atoms with Gasteiger partial charge in [-0.1, -0.05) is 83.8 Å². The van der Waals surface area contributed by atoms with Crippen molar-refractivity contribution in [3.8, 4) is 0 Å². The van der Waals surface area contributed by atoms with Gasteiger partial charge in [-0.25, -0.2) is 8.42 Å². The molecule has 0 fully saturated rings. The Morgan fingerprint density at radius 2 is 1.61 bits per heavy atom. The summed E-state index contributed by atoms with van der Waals surface area (Å²) < 4.78 is 29.3. The molecule has 0 radical (unpaired) electrons. The van der Waals surface area contributed by atoms with Gasteiger partial charge in [0, 0.05) is 17.6 Å². The van der Waals surface area contributed by atoms with Gasteiger partial charge >= 0.3 is 0 Å². The predicted octanol–water partition coefficient (Wildman–Crippen LogP) is 5.49. The maximum Gasteiger partial charge on any atom is 0.264 e. The van der Waals surface area contributed by atoms with Gasteiger partial charge in [-0.2, -0.15) is 0 Å². The van der Waals surface area contributed by atoms with Crippen LogP contribution in [0.15, 0.2) is 88.2 Å². The number of sulfonamides is 1. The van der Waals surface area contributed by atoms with E-state index < -0.39 is 28.5 Å². The lowest BCUT2D eigenvalue weighted by Gasteiger charge is -2.32. The van der Waals surface area contributed by atoms with Crippen molar-refractivity contribution in [2.75, 3.05) is 17.4 Å². The van der Waals surface area contributed by atoms with Crippen molar-refractivity contribution in [3.05, 3.63) is 93.9 Å². The van der Waals surface area contributed by atoms with Gasteiger partial charge in [0.1, 0.15) is 12.6 Å². The lowest BCUT2D eigenvalue weighted by molar-refractivity contribution is -0.139. The fourth-order valence-corrected chi connectivity index (χ4v) is 5.94. The largest absolute Gasteiger partial charge is 0.354 e. The third kappa shape index (κ3) is 7.58. The smallest absolute Gasteiger partial charge is 0.264 e. The topological polar surface area (TPSA) is 86.8 Å². The molecule has 202 valence electrons. The molecule has 1 atom stereocenters. The molecule has 0 saturated heterocycles. The van der Waals surface area contributed by atoms with Gasteiger partial charge < -0.3 is 10.2 Å². The first-order valence-corrected chi connectivity index (χ1v) is 14.8. The van der Waals surface area contributed by atoms with Crippen molar-refractivity contribution in [2.24, 2.45) is 5.92 Å². The van der Waals surface area contributed by atoms with Crippen LogP contribution in [0, 0.1) is 5.92 Å². The number of carbonyl (C=O) groups excluding carboxylic acids is 2. The Morgan fingerprint density at radius 1 is 0.947 bits per heavy atom. The summed E-state index contributed by atoms with van der Waals surface area (Å²) in [6, 6.07) is 20.8. The molecule has 0 saturated carbocycles. The van der Waals surface area contributed by atoms with Crippen molar-refractivity contribution in [1.82, 2.24) is 10.2 Å². The van der Waals surface area contributed by atoms with Crippen molar-refractivity contribution in [3.63, 3.8) is 0 Å². The summed E-state index contributed by atoms with van der Waals surface area (Å²) in [5.74, 6) is -0.638. The minimum absolute atomic E-state index is 0.0222. The van der Waals surface area contributed by atoms with Crippen LogP contribution in [0.2, 0.25) is 5.02 Å². The van der Waals surface area contributed by atoms with E-state index in [0.717, 1.165) is 14.3 Å². The monoisotopic (exact) mass is 619 g/mol. The van der Waals surface area contributed by atoms with Crippen LogP contribution < -0.4 is 9.62 Å². The minimum Gasteiger partial charge on any atom is -0.354 e. The van der Waals surface area contributed by atoms with Gasteiger partial charge in [0.15, 0.2) is 0 Å². The molecule has 0 unspecified atom stereocenters. The Labute approximate surface area is 238 Å². The zero-order valence-electron chi connectivity index (χ0n) is 21.5. The zero-order chi connectivity index (χ0) is 27.9. The first-order chi connectivity index (χ1) is 18.0. The Balaban J connectivity index is 2.01. The van der Waals surface area contributed by atoms with Crippen molar-refractivity contribution < 1.29 is 18.0 Å². The fraction of sp³-hybridized carbons (Fsp3) is 0.286. The third-order valence-electron chi connectivity index (χ3n) is 5.83. The van der Waals surface area contributed by atoms with E-state index in [1.54, 1.807) is 49.4 Å². The van der Waals surface area contributed by atoms with Gasteiger partial charge in [-0.15, -0.1) is 0 Å². The fourth-order valence-electron chi connectivity index (χ4n) is 3.75. The van der Waals surface area contributed by atoms with Crippen LogP contribution in [0.3, 0.4) is 0 Å². The average molecular weight is 621 g/mol. The molecule has 3 aromatic carbocycles. The van der Waals surface area contributed by atoms with Crippen LogP contribution in [0.25, 0.3) is 0 Å². The van der Waals surface area contributed by atoms with Crippen LogP contribution in [0.1, 0.15) is 26.3 Å². The molecule has 38 heavy (non-hydrogen) atoms. The highest BCUT2D eigenvalue weighted by Crippen LogP contribution is 2.30. The van der Waals surface area contributed by atoms with E-state index in [1.165, 1.54) is 17.0 Å². The van der Waals surface area contributed by atoms with Crippen molar-refractivity contribution in [1.29, 1.82) is 0 Å². The van der Waals surface area contributed by atoms with E-state index in [-0.39, 0.29) is 34.0 Å². The molecule has 0 aliphatic heterocycles. The van der Waals surface area contributed by atoms with Crippen molar-refractivity contribution >= 4 is 55.1 Å². The number of nitrogens with zero attached hydrogens (tertiary/aromatic N) is 2. The summed E-state index contributed by atoms with van der Waals surface area (Å²) in [5, 5.41) is 3.05. The van der Waals surface area contributed by atoms with E-state index >= 15 is 0 Å². The lowest BCUT2D eigenvalue weighted by Crippen LogP contribution is -2.51. The second-order valence-corrected chi connectivity index (χ2v) is 12.4. The second-order valence-electron chi connectivity index (χ2n) is 9.24. The Bertz CT molecular complexity index is 1370. The minimum atomic E-state index is -4.16. The van der Waals surface area contributed by atoms with Gasteiger partial charge in [0.2, 0.25) is 11.8 Å². The van der Waals surface area contributed by atoms with Gasteiger partial charge in [0.25, 0.3) is 10.0 Å². The molecular formula is C28H31BrClN3O4S. The number of hydrogen-bond acceptors (Lipinski definition) is 4. The predicted molar refractivity (Wildman–Crippen MR) is 154 cm³/mol. The van der Waals surface area contributed by atoms with E-state index in [4.69, 9.17) is 11.6 Å². The number of para-hydroxylation sites is 1. The summed E-state index contributed by atoms with van der Waals surface area (Å²) in [4.78, 5) is 28.3. The molecule has 0 spiro atoms. The molecule has 10 heteroatoms. The zero-order valence-corrected chi connectivity index (χ0v) is 24.6. The molecule has 0 aliphatic rings. The highest BCUT2D eigenvalue weighted by molar-refractivity contribution is 9.10. The molecule has 0 aliphatic carbocycles. The molecule has 0 bridgehead atoms. The third-order valence-corrected chi connectivity index (χ3v) is 8.41. The van der Waals surface area contributed by atoms with E-state index in [0.29, 0.717) is 6.54 Å². The maximum absolute atomic E-state index is 13.9. The molecule has 2 amide bonds. The number of rotatable bonds is 11. The van der Waals surface area contributed by atoms with E-state index in [2.05, 4.69) is 21.2 Å². The normalized spacial score (nSPS) is 12.2. The van der Waals surface area contributed by atoms with Gasteiger partial charge in [0.05, 0.1) is 15.6 Å². The Kier molecular flexibility index (Phi) is 10.4. The molecule has 3 rings (SSSR count). The maximum atomic E-state index is 13.9. The highest BCUT2D eigenvalue weighted by atomic mass is 79.9. The van der Waals surface area contributed by atoms with Crippen LogP contribution in [0.5, 0.6) is 0 Å². The first-order valence-electron chi connectivity index (χ1n) is 12.1. The van der Waals surface area contributed by atoms with Crippen molar-refractivity contribution in [2.45, 2.75) is 38.3 Å². The van der Waals surface area contributed by atoms with Crippen LogP contribution in [0.4, 0.5) is 5.69 Å². The van der Waals surface area contributed by atoms with Crippen LogP contribution in [-0.4, -0.2) is 44.3 Å². The number of nitrogens with one attached hydrogen (secondary N) is 1. The molecular weight excluding hydrogens is 590 g/mol. The number of halogens is 2. The lowest BCUT2D eigenvalue weighted by atomic mass is 10.1. The van der Waals surface area contributed by atoms with Crippen LogP contribution >= 0.6 is 27.5 Å². The quantitative estimate of drug-likeness (QED) is 0.307. The summed E-state index contributed by atoms with van der Waals surface area (Å²) in [7, 11) is -4.16. The number of hydrogen-bond donors (Lipinski definition) is 1. The molecule has 3 aromatic rings. The number of anilines is 1. The van der Waals surface area contributed by atoms with Crippen LogP contribution in [-0.2, 0) is 26.2 Å². The number of carbonyl (C=O) groups is 2. The average Bonchev–Trinajstić information content (AvgIpc) is 2.89. The van der Waals surface area contributed by atoms with E-state index in [1.807, 2.05) is 38.1 Å².